The maximum absolute atomic E-state index is 13.1. The lowest BCUT2D eigenvalue weighted by Crippen LogP contribution is -2.53. The van der Waals surface area contributed by atoms with E-state index < -0.39 is 11.7 Å². The average molecular weight is 392 g/mol. The molecule has 3 heterocycles. The van der Waals surface area contributed by atoms with Crippen molar-refractivity contribution in [1.82, 2.24) is 15.3 Å². The van der Waals surface area contributed by atoms with E-state index in [9.17, 15) is 18.0 Å². The van der Waals surface area contributed by atoms with E-state index in [4.69, 9.17) is 0 Å². The molecule has 27 heavy (non-hydrogen) atoms. The van der Waals surface area contributed by atoms with Gasteiger partial charge >= 0.3 is 6.18 Å². The van der Waals surface area contributed by atoms with E-state index in [1.807, 2.05) is 17.0 Å². The van der Waals surface area contributed by atoms with Gasteiger partial charge in [0.05, 0.1) is 33.9 Å². The minimum Gasteiger partial charge on any atom is -0.350 e. The second-order valence-corrected chi connectivity index (χ2v) is 7.30. The number of hydrogen-bond acceptors (Lipinski definition) is 5. The Bertz CT molecular complexity index is 968. The van der Waals surface area contributed by atoms with Crippen molar-refractivity contribution in [3.8, 4) is 0 Å². The van der Waals surface area contributed by atoms with Crippen LogP contribution in [0.1, 0.15) is 11.3 Å². The summed E-state index contributed by atoms with van der Waals surface area (Å²) in [6, 6.07) is 9.53. The lowest BCUT2D eigenvalue weighted by atomic mass is 10.00. The first kappa shape index (κ1) is 17.7. The zero-order valence-electron chi connectivity index (χ0n) is 14.0. The number of hydrogen-bond donors (Lipinski definition) is 1. The SMILES string of the molecule is O=C(NCc1ccccn1)C1CN(c2nc3c(C(F)(F)F)cccc3s2)C1. The summed E-state index contributed by atoms with van der Waals surface area (Å²) in [7, 11) is 0. The van der Waals surface area contributed by atoms with E-state index in [2.05, 4.69) is 15.3 Å². The second kappa shape index (κ2) is 6.80. The van der Waals surface area contributed by atoms with Crippen LogP contribution in [0.2, 0.25) is 0 Å². The number of rotatable bonds is 4. The molecule has 3 aromatic rings. The van der Waals surface area contributed by atoms with Crippen LogP contribution in [-0.4, -0.2) is 29.0 Å². The van der Waals surface area contributed by atoms with Gasteiger partial charge in [-0.05, 0) is 24.3 Å². The number of nitrogens with one attached hydrogen (secondary N) is 1. The van der Waals surface area contributed by atoms with Gasteiger partial charge in [0.2, 0.25) is 5.91 Å². The fourth-order valence-corrected chi connectivity index (χ4v) is 3.94. The minimum atomic E-state index is -4.44. The Hall–Kier alpha value is -2.68. The standard InChI is InChI=1S/C18H15F3N4OS/c19-18(20,21)13-5-3-6-14-15(13)24-17(27-14)25-9-11(10-25)16(26)23-8-12-4-1-2-7-22-12/h1-7,11H,8-10H2,(H,23,26). The summed E-state index contributed by atoms with van der Waals surface area (Å²) in [5.41, 5.74) is 0.00798. The van der Waals surface area contributed by atoms with Crippen LogP contribution in [0.15, 0.2) is 42.6 Å². The van der Waals surface area contributed by atoms with E-state index in [-0.39, 0.29) is 17.3 Å². The van der Waals surface area contributed by atoms with Crippen LogP contribution >= 0.6 is 11.3 Å². The molecule has 1 aliphatic rings. The highest BCUT2D eigenvalue weighted by Gasteiger charge is 2.37. The number of thiazole rings is 1. The van der Waals surface area contributed by atoms with E-state index in [0.29, 0.717) is 29.5 Å². The Morgan fingerprint density at radius 2 is 2.04 bits per heavy atom. The van der Waals surface area contributed by atoms with Crippen molar-refractivity contribution in [2.75, 3.05) is 18.0 Å². The molecule has 1 fully saturated rings. The molecule has 1 N–H and O–H groups in total. The van der Waals surface area contributed by atoms with Gasteiger partial charge in [0.15, 0.2) is 5.13 Å². The van der Waals surface area contributed by atoms with Gasteiger partial charge in [-0.2, -0.15) is 13.2 Å². The van der Waals surface area contributed by atoms with Crippen LogP contribution in [-0.2, 0) is 17.5 Å². The van der Waals surface area contributed by atoms with E-state index in [1.165, 1.54) is 17.4 Å². The minimum absolute atomic E-state index is 0.0342. The molecular formula is C18H15F3N4OS. The van der Waals surface area contributed by atoms with Crippen LogP contribution < -0.4 is 10.2 Å². The molecule has 5 nitrogen and oxygen atoms in total. The van der Waals surface area contributed by atoms with Gasteiger partial charge in [-0.1, -0.05) is 23.5 Å². The monoisotopic (exact) mass is 392 g/mol. The number of fused-ring (bicyclic) bond motifs is 1. The Labute approximate surface area is 156 Å². The summed E-state index contributed by atoms with van der Waals surface area (Å²) in [5.74, 6) is -0.295. The molecule has 0 aliphatic carbocycles. The number of halogens is 3. The highest BCUT2D eigenvalue weighted by Crippen LogP contribution is 2.39. The van der Waals surface area contributed by atoms with Crippen molar-refractivity contribution in [3.05, 3.63) is 53.9 Å². The third-order valence-electron chi connectivity index (χ3n) is 4.41. The van der Waals surface area contributed by atoms with Crippen LogP contribution in [0.3, 0.4) is 0 Å². The van der Waals surface area contributed by atoms with E-state index in [1.54, 1.807) is 18.3 Å². The van der Waals surface area contributed by atoms with Crippen molar-refractivity contribution in [1.29, 1.82) is 0 Å². The molecule has 4 rings (SSSR count). The quantitative estimate of drug-likeness (QED) is 0.739. The molecule has 140 valence electrons. The molecule has 0 atom stereocenters. The predicted molar refractivity (Wildman–Crippen MR) is 96.4 cm³/mol. The normalized spacial score (nSPS) is 15.0. The van der Waals surface area contributed by atoms with Crippen LogP contribution in [0, 0.1) is 5.92 Å². The number of benzene rings is 1. The predicted octanol–water partition coefficient (Wildman–Crippen LogP) is 3.46. The largest absolute Gasteiger partial charge is 0.418 e. The van der Waals surface area contributed by atoms with Gasteiger partial charge in [-0.25, -0.2) is 4.98 Å². The number of aromatic nitrogens is 2. The first-order valence-electron chi connectivity index (χ1n) is 8.31. The second-order valence-electron chi connectivity index (χ2n) is 6.29. The summed E-state index contributed by atoms with van der Waals surface area (Å²) in [6.07, 6.45) is -2.78. The molecule has 0 spiro atoms. The number of anilines is 1. The Kier molecular flexibility index (Phi) is 4.47. The molecule has 9 heteroatoms. The number of amides is 1. The van der Waals surface area contributed by atoms with Crippen molar-refractivity contribution in [2.45, 2.75) is 12.7 Å². The van der Waals surface area contributed by atoms with Crippen LogP contribution in [0.25, 0.3) is 10.2 Å². The van der Waals surface area contributed by atoms with Gasteiger partial charge in [-0.15, -0.1) is 0 Å². The number of para-hydroxylation sites is 1. The summed E-state index contributed by atoms with van der Waals surface area (Å²) < 4.78 is 39.8. The number of carbonyl (C=O) groups is 1. The first-order valence-corrected chi connectivity index (χ1v) is 9.13. The number of nitrogens with zero attached hydrogens (tertiary/aromatic N) is 3. The molecule has 0 radical (unpaired) electrons. The molecule has 2 aromatic heterocycles. The van der Waals surface area contributed by atoms with Gasteiger partial charge in [0.25, 0.3) is 0 Å². The van der Waals surface area contributed by atoms with E-state index in [0.717, 1.165) is 11.8 Å². The Balaban J connectivity index is 1.40. The van der Waals surface area contributed by atoms with Crippen LogP contribution in [0.5, 0.6) is 0 Å². The molecule has 1 saturated heterocycles. The highest BCUT2D eigenvalue weighted by molar-refractivity contribution is 7.22. The Morgan fingerprint density at radius 1 is 1.22 bits per heavy atom. The molecule has 0 unspecified atom stereocenters. The summed E-state index contributed by atoms with van der Waals surface area (Å²) in [6.45, 7) is 1.23. The average Bonchev–Trinajstić information content (AvgIpc) is 3.02. The number of pyridine rings is 1. The fraction of sp³-hybridized carbons (Fsp3) is 0.278. The molecule has 1 aromatic carbocycles. The molecule has 1 amide bonds. The van der Waals surface area contributed by atoms with Crippen molar-refractivity contribution < 1.29 is 18.0 Å². The van der Waals surface area contributed by atoms with Crippen LogP contribution in [0.4, 0.5) is 18.3 Å². The first-order chi connectivity index (χ1) is 12.9. The Morgan fingerprint density at radius 3 is 2.74 bits per heavy atom. The summed E-state index contributed by atoms with van der Waals surface area (Å²) in [4.78, 5) is 22.3. The van der Waals surface area contributed by atoms with Gasteiger partial charge in [0, 0.05) is 19.3 Å². The summed E-state index contributed by atoms with van der Waals surface area (Å²) >= 11 is 1.21. The van der Waals surface area contributed by atoms with E-state index >= 15 is 0 Å². The lowest BCUT2D eigenvalue weighted by molar-refractivity contribution is -0.136. The molecule has 0 saturated carbocycles. The third-order valence-corrected chi connectivity index (χ3v) is 5.49. The van der Waals surface area contributed by atoms with Crippen molar-refractivity contribution >= 4 is 32.6 Å². The molecule has 1 aliphatic heterocycles. The lowest BCUT2D eigenvalue weighted by Gasteiger charge is -2.37. The fourth-order valence-electron chi connectivity index (χ4n) is 2.93. The highest BCUT2D eigenvalue weighted by atomic mass is 32.1. The smallest absolute Gasteiger partial charge is 0.350 e. The number of carbonyl (C=O) groups excluding carboxylic acids is 1. The third kappa shape index (κ3) is 3.59. The molecule has 0 bridgehead atoms. The number of alkyl halides is 3. The topological polar surface area (TPSA) is 58.1 Å². The van der Waals surface area contributed by atoms with Gasteiger partial charge in [-0.3, -0.25) is 9.78 Å². The van der Waals surface area contributed by atoms with Crippen molar-refractivity contribution in [3.63, 3.8) is 0 Å². The summed E-state index contributed by atoms with van der Waals surface area (Å²) in [5, 5.41) is 3.34. The maximum Gasteiger partial charge on any atom is 0.418 e. The zero-order chi connectivity index (χ0) is 19.0. The van der Waals surface area contributed by atoms with Gasteiger partial charge < -0.3 is 10.2 Å². The molecular weight excluding hydrogens is 377 g/mol. The zero-order valence-corrected chi connectivity index (χ0v) is 14.8. The van der Waals surface area contributed by atoms with Gasteiger partial charge in [0.1, 0.15) is 0 Å². The van der Waals surface area contributed by atoms with Crippen molar-refractivity contribution in [2.24, 2.45) is 5.92 Å². The maximum atomic E-state index is 13.1.